The van der Waals surface area contributed by atoms with E-state index in [1.54, 1.807) is 0 Å². The van der Waals surface area contributed by atoms with Crippen molar-refractivity contribution in [3.63, 3.8) is 0 Å². The Morgan fingerprint density at radius 1 is 1.42 bits per heavy atom. The van der Waals surface area contributed by atoms with Crippen LogP contribution >= 0.6 is 0 Å². The van der Waals surface area contributed by atoms with Gasteiger partial charge in [-0.1, -0.05) is 6.92 Å². The van der Waals surface area contributed by atoms with Crippen LogP contribution in [0.2, 0.25) is 0 Å². The molecule has 0 saturated carbocycles. The number of aromatic nitrogens is 1. The zero-order chi connectivity index (χ0) is 14.3. The molecule has 2 atom stereocenters. The van der Waals surface area contributed by atoms with Crippen LogP contribution in [-0.4, -0.2) is 37.0 Å². The van der Waals surface area contributed by atoms with Gasteiger partial charge in [0.1, 0.15) is 5.84 Å². The van der Waals surface area contributed by atoms with E-state index in [2.05, 4.69) is 53.4 Å². The number of aliphatic imine (C=N–C) groups is 1. The summed E-state index contributed by atoms with van der Waals surface area (Å²) in [5, 5.41) is 7.00. The fourth-order valence-corrected chi connectivity index (χ4v) is 2.43. The standard InChI is InChI=1S/C13H22N4.C2H2/c1-9-6-11(8-15-7-9)17-13(14-3)12-4-5-16-10(12)2;1-2/h4-5,9,11,15-16H,6-8H2,1-3H3,(H,14,17);1-2H/t9-,11?;/m0./s1. The van der Waals surface area contributed by atoms with Gasteiger partial charge in [0.15, 0.2) is 0 Å². The van der Waals surface area contributed by atoms with Crippen molar-refractivity contribution < 1.29 is 0 Å². The van der Waals surface area contributed by atoms with E-state index in [9.17, 15) is 0 Å². The van der Waals surface area contributed by atoms with Crippen molar-refractivity contribution in [3.8, 4) is 12.8 Å². The molecule has 0 bridgehead atoms. The second-order valence-corrected chi connectivity index (χ2v) is 4.93. The van der Waals surface area contributed by atoms with Gasteiger partial charge in [-0.25, -0.2) is 0 Å². The van der Waals surface area contributed by atoms with Crippen molar-refractivity contribution in [2.24, 2.45) is 10.9 Å². The van der Waals surface area contributed by atoms with Crippen LogP contribution in [0, 0.1) is 25.7 Å². The minimum atomic E-state index is 0.478. The molecule has 104 valence electrons. The Balaban J connectivity index is 0.000000861. The van der Waals surface area contributed by atoms with Gasteiger partial charge in [0.2, 0.25) is 0 Å². The van der Waals surface area contributed by atoms with E-state index >= 15 is 0 Å². The average molecular weight is 260 g/mol. The van der Waals surface area contributed by atoms with Crippen molar-refractivity contribution in [2.75, 3.05) is 20.1 Å². The zero-order valence-corrected chi connectivity index (χ0v) is 12.0. The SMILES string of the molecule is C#C.CN=C(NC1CNC[C@@H](C)C1)c1cc[nH]c1C. The van der Waals surface area contributed by atoms with E-state index in [-0.39, 0.29) is 0 Å². The Morgan fingerprint density at radius 2 is 2.16 bits per heavy atom. The van der Waals surface area contributed by atoms with Gasteiger partial charge in [0, 0.05) is 37.1 Å². The monoisotopic (exact) mass is 260 g/mol. The first-order chi connectivity index (χ1) is 9.20. The lowest BCUT2D eigenvalue weighted by molar-refractivity contribution is 0.345. The zero-order valence-electron chi connectivity index (χ0n) is 12.0. The molecular weight excluding hydrogens is 236 g/mol. The number of terminal acetylenes is 1. The molecule has 0 aromatic carbocycles. The third-order valence-corrected chi connectivity index (χ3v) is 3.34. The molecule has 1 aromatic heterocycles. The number of rotatable bonds is 2. The predicted octanol–water partition coefficient (Wildman–Crippen LogP) is 1.54. The topological polar surface area (TPSA) is 52.2 Å². The Hall–Kier alpha value is -1.73. The molecule has 1 saturated heterocycles. The van der Waals surface area contributed by atoms with Crippen molar-refractivity contribution >= 4 is 5.84 Å². The molecule has 1 aliphatic heterocycles. The summed E-state index contributed by atoms with van der Waals surface area (Å²) in [6.07, 6.45) is 11.2. The number of amidine groups is 1. The van der Waals surface area contributed by atoms with E-state index in [0.29, 0.717) is 6.04 Å². The fourth-order valence-electron chi connectivity index (χ4n) is 2.43. The number of hydrogen-bond acceptors (Lipinski definition) is 2. The minimum Gasteiger partial charge on any atom is -0.366 e. The second-order valence-electron chi connectivity index (χ2n) is 4.93. The lowest BCUT2D eigenvalue weighted by Gasteiger charge is -2.29. The minimum absolute atomic E-state index is 0.478. The van der Waals surface area contributed by atoms with Crippen LogP contribution in [0.5, 0.6) is 0 Å². The molecule has 4 nitrogen and oxygen atoms in total. The molecule has 4 heteroatoms. The van der Waals surface area contributed by atoms with Crippen LogP contribution in [0.1, 0.15) is 24.6 Å². The summed E-state index contributed by atoms with van der Waals surface area (Å²) < 4.78 is 0. The first-order valence-corrected chi connectivity index (χ1v) is 6.62. The summed E-state index contributed by atoms with van der Waals surface area (Å²) in [4.78, 5) is 7.56. The van der Waals surface area contributed by atoms with Crippen LogP contribution in [0.25, 0.3) is 0 Å². The molecule has 0 spiro atoms. The Bertz CT molecular complexity index is 430. The van der Waals surface area contributed by atoms with Gasteiger partial charge >= 0.3 is 0 Å². The number of nitrogens with zero attached hydrogens (tertiary/aromatic N) is 1. The van der Waals surface area contributed by atoms with Crippen LogP contribution in [-0.2, 0) is 0 Å². The van der Waals surface area contributed by atoms with Gasteiger partial charge in [-0.15, -0.1) is 12.8 Å². The molecule has 0 amide bonds. The number of hydrogen-bond donors (Lipinski definition) is 3. The third-order valence-electron chi connectivity index (χ3n) is 3.34. The normalized spacial score (nSPS) is 23.3. The van der Waals surface area contributed by atoms with Crippen molar-refractivity contribution in [2.45, 2.75) is 26.3 Å². The summed E-state index contributed by atoms with van der Waals surface area (Å²) in [5.41, 5.74) is 2.33. The third kappa shape index (κ3) is 4.15. The lowest BCUT2D eigenvalue weighted by Crippen LogP contribution is -2.48. The smallest absolute Gasteiger partial charge is 0.130 e. The van der Waals surface area contributed by atoms with Gasteiger partial charge in [-0.3, -0.25) is 4.99 Å². The Labute approximate surface area is 116 Å². The highest BCUT2D eigenvalue weighted by molar-refractivity contribution is 5.99. The van der Waals surface area contributed by atoms with E-state index in [0.717, 1.165) is 30.5 Å². The average Bonchev–Trinajstić information content (AvgIpc) is 2.85. The molecule has 1 unspecified atom stereocenters. The maximum atomic E-state index is 4.37. The molecule has 2 rings (SSSR count). The fraction of sp³-hybridized carbons (Fsp3) is 0.533. The number of aromatic amines is 1. The number of H-pyrrole nitrogens is 1. The van der Waals surface area contributed by atoms with E-state index < -0.39 is 0 Å². The van der Waals surface area contributed by atoms with Crippen LogP contribution < -0.4 is 10.6 Å². The maximum absolute atomic E-state index is 4.37. The molecule has 3 N–H and O–H groups in total. The summed E-state index contributed by atoms with van der Waals surface area (Å²) in [7, 11) is 1.84. The van der Waals surface area contributed by atoms with E-state index in [1.165, 1.54) is 12.0 Å². The second kappa shape index (κ2) is 7.65. The Morgan fingerprint density at radius 3 is 2.68 bits per heavy atom. The largest absolute Gasteiger partial charge is 0.366 e. The van der Waals surface area contributed by atoms with E-state index in [1.807, 2.05) is 13.2 Å². The summed E-state index contributed by atoms with van der Waals surface area (Å²) >= 11 is 0. The first-order valence-electron chi connectivity index (χ1n) is 6.62. The molecule has 1 aromatic rings. The van der Waals surface area contributed by atoms with Crippen LogP contribution in [0.15, 0.2) is 17.3 Å². The van der Waals surface area contributed by atoms with E-state index in [4.69, 9.17) is 0 Å². The highest BCUT2D eigenvalue weighted by atomic mass is 15.1. The molecule has 0 radical (unpaired) electrons. The van der Waals surface area contributed by atoms with Gasteiger partial charge in [-0.2, -0.15) is 0 Å². The summed E-state index contributed by atoms with van der Waals surface area (Å²) in [6, 6.07) is 2.55. The summed E-state index contributed by atoms with van der Waals surface area (Å²) in [6.45, 7) is 6.50. The van der Waals surface area contributed by atoms with Gasteiger partial charge in [0.05, 0.1) is 0 Å². The van der Waals surface area contributed by atoms with Crippen molar-refractivity contribution in [1.29, 1.82) is 0 Å². The quantitative estimate of drug-likeness (QED) is 0.429. The number of nitrogens with one attached hydrogen (secondary N) is 3. The van der Waals surface area contributed by atoms with Gasteiger partial charge in [0.25, 0.3) is 0 Å². The highest BCUT2D eigenvalue weighted by Crippen LogP contribution is 2.11. The maximum Gasteiger partial charge on any atom is 0.130 e. The van der Waals surface area contributed by atoms with Crippen LogP contribution in [0.3, 0.4) is 0 Å². The van der Waals surface area contributed by atoms with Crippen molar-refractivity contribution in [1.82, 2.24) is 15.6 Å². The van der Waals surface area contributed by atoms with Gasteiger partial charge < -0.3 is 15.6 Å². The summed E-state index contributed by atoms with van der Waals surface area (Å²) in [5.74, 6) is 1.72. The highest BCUT2D eigenvalue weighted by Gasteiger charge is 2.20. The van der Waals surface area contributed by atoms with Crippen molar-refractivity contribution in [3.05, 3.63) is 23.5 Å². The molecule has 19 heavy (non-hydrogen) atoms. The number of piperidine rings is 1. The van der Waals surface area contributed by atoms with Gasteiger partial charge in [-0.05, 0) is 31.9 Å². The molecular formula is C15H24N4. The lowest BCUT2D eigenvalue weighted by atomic mass is 9.97. The molecule has 2 heterocycles. The molecule has 1 aliphatic rings. The first kappa shape index (κ1) is 15.3. The van der Waals surface area contributed by atoms with Crippen LogP contribution in [0.4, 0.5) is 0 Å². The number of aryl methyl sites for hydroxylation is 1. The Kier molecular flexibility index (Phi) is 6.17. The molecule has 0 aliphatic carbocycles. The molecule has 1 fully saturated rings. The predicted molar refractivity (Wildman–Crippen MR) is 81.5 cm³/mol.